The van der Waals surface area contributed by atoms with Crippen molar-refractivity contribution in [1.82, 2.24) is 14.9 Å². The maximum Gasteiger partial charge on any atom is 0.272 e. The number of rotatable bonds is 6. The summed E-state index contributed by atoms with van der Waals surface area (Å²) in [4.78, 5) is 36.9. The van der Waals surface area contributed by atoms with E-state index in [2.05, 4.69) is 15.4 Å². The second-order valence-electron chi connectivity index (χ2n) is 8.06. The van der Waals surface area contributed by atoms with Crippen LogP contribution in [0.5, 0.6) is 0 Å². The van der Waals surface area contributed by atoms with Gasteiger partial charge < -0.3 is 14.2 Å². The van der Waals surface area contributed by atoms with E-state index in [1.165, 1.54) is 29.0 Å². The van der Waals surface area contributed by atoms with E-state index >= 15 is 0 Å². The number of hydrogen-bond donors (Lipinski definition) is 1. The average Bonchev–Trinajstić information content (AvgIpc) is 3.23. The van der Waals surface area contributed by atoms with Gasteiger partial charge in [0.15, 0.2) is 0 Å². The van der Waals surface area contributed by atoms with Crippen molar-refractivity contribution in [3.8, 4) is 0 Å². The number of nitrogens with one attached hydrogen (secondary N) is 1. The van der Waals surface area contributed by atoms with Crippen molar-refractivity contribution < 1.29 is 14.5 Å². The van der Waals surface area contributed by atoms with E-state index < -0.39 is 10.8 Å². The molecule has 1 amide bonds. The molecule has 1 N–H and O–H groups in total. The Balaban J connectivity index is 1.59. The lowest BCUT2D eigenvalue weighted by Gasteiger charge is -2.31. The Morgan fingerprint density at radius 2 is 2.00 bits per heavy atom. The number of amides is 1. The maximum absolute atomic E-state index is 12.4. The number of hydrazone groups is 1. The zero-order valence-electron chi connectivity index (χ0n) is 18.8. The number of carbonyl (C=O) groups excluding carboxylic acids is 1. The number of aryl methyl sites for hydroxylation is 1. The van der Waals surface area contributed by atoms with Crippen LogP contribution in [0.15, 0.2) is 69.3 Å². The number of ether oxygens (including phenoxy) is 1. The van der Waals surface area contributed by atoms with E-state index in [9.17, 15) is 19.7 Å². The van der Waals surface area contributed by atoms with E-state index in [-0.39, 0.29) is 11.2 Å². The molecule has 0 atom stereocenters. The first kappa shape index (κ1) is 23.1. The quantitative estimate of drug-likeness (QED) is 0.399. The first-order valence-corrected chi connectivity index (χ1v) is 10.9. The summed E-state index contributed by atoms with van der Waals surface area (Å²) in [5, 5.41) is 15.3. The molecule has 1 aromatic carbocycles. The molecule has 0 spiro atoms. The van der Waals surface area contributed by atoms with Gasteiger partial charge >= 0.3 is 0 Å². The molecular formula is C24H25N5O5. The van der Waals surface area contributed by atoms with Gasteiger partial charge in [-0.25, -0.2) is 5.43 Å². The topological polar surface area (TPSA) is 119 Å². The number of carbonyl (C=O) groups is 1. The number of morpholine rings is 1. The number of hydrogen-bond acceptors (Lipinski definition) is 7. The van der Waals surface area contributed by atoms with Crippen LogP contribution in [0.4, 0.5) is 5.69 Å². The van der Waals surface area contributed by atoms with Crippen LogP contribution in [-0.2, 0) is 11.8 Å². The Morgan fingerprint density at radius 3 is 2.74 bits per heavy atom. The van der Waals surface area contributed by atoms with Gasteiger partial charge in [0.1, 0.15) is 0 Å². The summed E-state index contributed by atoms with van der Waals surface area (Å²) in [6.45, 7) is 2.68. The predicted octanol–water partition coefficient (Wildman–Crippen LogP) is 2.47. The number of allylic oxidation sites excluding steroid dienone is 2. The maximum atomic E-state index is 12.4. The molecule has 1 aromatic heterocycles. The second kappa shape index (κ2) is 10.3. The molecule has 2 heterocycles. The second-order valence-corrected chi connectivity index (χ2v) is 8.06. The standard InChI is InChI=1S/C24H25N5O5/c1-27-16-20(7-8-22(27)30)24(31)26-25-15-19-6-5-18(23(19)28-9-11-34-12-10-28)13-17-3-2-4-21(14-17)29(32)33/h2-4,7-8,13-16H,5-6,9-12H2,1H3,(H,26,31). The van der Waals surface area contributed by atoms with E-state index in [0.29, 0.717) is 18.8 Å². The van der Waals surface area contributed by atoms with Crippen LogP contribution in [0.3, 0.4) is 0 Å². The monoisotopic (exact) mass is 463 g/mol. The first-order valence-electron chi connectivity index (χ1n) is 10.9. The van der Waals surface area contributed by atoms with Crippen LogP contribution in [0.2, 0.25) is 0 Å². The Bertz CT molecular complexity index is 1250. The van der Waals surface area contributed by atoms with Crippen LogP contribution in [0, 0.1) is 10.1 Å². The van der Waals surface area contributed by atoms with Crippen LogP contribution in [0.25, 0.3) is 6.08 Å². The third-order valence-corrected chi connectivity index (χ3v) is 5.76. The van der Waals surface area contributed by atoms with Crippen molar-refractivity contribution in [2.45, 2.75) is 12.8 Å². The van der Waals surface area contributed by atoms with Crippen molar-refractivity contribution in [1.29, 1.82) is 0 Å². The number of nitro benzene ring substituents is 1. The van der Waals surface area contributed by atoms with Gasteiger partial charge in [-0.1, -0.05) is 12.1 Å². The molecule has 0 radical (unpaired) electrons. The van der Waals surface area contributed by atoms with E-state index in [4.69, 9.17) is 4.74 Å². The minimum atomic E-state index is -0.411. The highest BCUT2D eigenvalue weighted by Gasteiger charge is 2.25. The number of pyridine rings is 1. The van der Waals surface area contributed by atoms with Crippen molar-refractivity contribution >= 4 is 23.9 Å². The molecule has 34 heavy (non-hydrogen) atoms. The normalized spacial score (nSPS) is 17.6. The van der Waals surface area contributed by atoms with Gasteiger partial charge in [0.05, 0.1) is 29.9 Å². The summed E-state index contributed by atoms with van der Waals surface area (Å²) in [7, 11) is 1.58. The highest BCUT2D eigenvalue weighted by atomic mass is 16.6. The molecule has 1 aliphatic heterocycles. The molecule has 1 saturated heterocycles. The zero-order valence-corrected chi connectivity index (χ0v) is 18.8. The molecule has 4 rings (SSSR count). The summed E-state index contributed by atoms with van der Waals surface area (Å²) in [6, 6.07) is 9.34. The van der Waals surface area contributed by atoms with Crippen molar-refractivity contribution in [3.05, 3.63) is 91.0 Å². The number of benzene rings is 1. The summed E-state index contributed by atoms with van der Waals surface area (Å²) in [5.41, 5.74) is 6.52. The lowest BCUT2D eigenvalue weighted by atomic mass is 10.1. The van der Waals surface area contributed by atoms with E-state index in [1.54, 1.807) is 25.4 Å². The minimum Gasteiger partial charge on any atom is -0.378 e. The largest absolute Gasteiger partial charge is 0.378 e. The molecule has 0 saturated carbocycles. The Hall–Kier alpha value is -4.05. The highest BCUT2D eigenvalue weighted by molar-refractivity contribution is 5.94. The number of non-ortho nitro benzene ring substituents is 1. The third kappa shape index (κ3) is 5.29. The van der Waals surface area contributed by atoms with Gasteiger partial charge in [0, 0.05) is 50.2 Å². The van der Waals surface area contributed by atoms with Gasteiger partial charge in [0.2, 0.25) is 5.56 Å². The predicted molar refractivity (Wildman–Crippen MR) is 127 cm³/mol. The molecule has 2 aromatic rings. The van der Waals surface area contributed by atoms with Gasteiger partial charge in [-0.3, -0.25) is 19.7 Å². The fraction of sp³-hybridized carbons (Fsp3) is 0.292. The molecule has 2 aliphatic rings. The summed E-state index contributed by atoms with van der Waals surface area (Å²) >= 11 is 0. The molecule has 1 fully saturated rings. The first-order chi connectivity index (χ1) is 16.4. The van der Waals surface area contributed by atoms with E-state index in [0.717, 1.165) is 48.3 Å². The lowest BCUT2D eigenvalue weighted by molar-refractivity contribution is -0.384. The molecule has 0 bridgehead atoms. The van der Waals surface area contributed by atoms with Crippen LogP contribution < -0.4 is 11.0 Å². The number of aromatic nitrogens is 1. The molecular weight excluding hydrogens is 438 g/mol. The van der Waals surface area contributed by atoms with Gasteiger partial charge in [-0.15, -0.1) is 0 Å². The fourth-order valence-corrected chi connectivity index (χ4v) is 4.06. The zero-order chi connectivity index (χ0) is 24.1. The summed E-state index contributed by atoms with van der Waals surface area (Å²) < 4.78 is 6.83. The average molecular weight is 463 g/mol. The number of nitro groups is 1. The van der Waals surface area contributed by atoms with Gasteiger partial charge in [0.25, 0.3) is 11.6 Å². The lowest BCUT2D eigenvalue weighted by Crippen LogP contribution is -2.36. The van der Waals surface area contributed by atoms with Crippen LogP contribution >= 0.6 is 0 Å². The summed E-state index contributed by atoms with van der Waals surface area (Å²) in [5.74, 6) is -0.411. The molecule has 0 unspecified atom stereocenters. The van der Waals surface area contributed by atoms with Crippen LogP contribution in [-0.4, -0.2) is 52.8 Å². The van der Waals surface area contributed by atoms with Crippen molar-refractivity contribution in [2.75, 3.05) is 26.3 Å². The van der Waals surface area contributed by atoms with Gasteiger partial charge in [-0.2, -0.15) is 5.10 Å². The molecule has 1 aliphatic carbocycles. The van der Waals surface area contributed by atoms with Crippen molar-refractivity contribution in [2.24, 2.45) is 12.1 Å². The van der Waals surface area contributed by atoms with Gasteiger partial charge in [-0.05, 0) is 41.7 Å². The third-order valence-electron chi connectivity index (χ3n) is 5.76. The smallest absolute Gasteiger partial charge is 0.272 e. The number of nitrogens with zero attached hydrogens (tertiary/aromatic N) is 4. The minimum absolute atomic E-state index is 0.0483. The Kier molecular flexibility index (Phi) is 6.98. The van der Waals surface area contributed by atoms with E-state index in [1.807, 2.05) is 12.1 Å². The Labute approximate surface area is 196 Å². The Morgan fingerprint density at radius 1 is 1.21 bits per heavy atom. The molecule has 10 nitrogen and oxygen atoms in total. The van der Waals surface area contributed by atoms with Crippen LogP contribution in [0.1, 0.15) is 28.8 Å². The summed E-state index contributed by atoms with van der Waals surface area (Å²) in [6.07, 6.45) is 6.57. The highest BCUT2D eigenvalue weighted by Crippen LogP contribution is 2.35. The SMILES string of the molecule is Cn1cc(C(=O)NN=CC2=C(N3CCOCC3)C(=Cc3cccc([N+](=O)[O-])c3)CC2)ccc1=O. The fourth-order valence-electron chi connectivity index (χ4n) is 4.06. The molecule has 10 heteroatoms. The molecule has 176 valence electrons. The van der Waals surface area contributed by atoms with Crippen molar-refractivity contribution in [3.63, 3.8) is 0 Å².